The molecule has 0 radical (unpaired) electrons. The number of amides is 1. The SMILES string of the molecule is COc1ccc(C)cc1N(CCC(=O)Nc1ccc(C#N)cc1)S(C)(=O)=O. The van der Waals surface area contributed by atoms with Crippen molar-refractivity contribution < 1.29 is 17.9 Å². The van der Waals surface area contributed by atoms with Gasteiger partial charge in [-0.25, -0.2) is 8.42 Å². The Morgan fingerprint density at radius 3 is 2.44 bits per heavy atom. The highest BCUT2D eigenvalue weighted by Crippen LogP contribution is 2.31. The Morgan fingerprint density at radius 1 is 1.22 bits per heavy atom. The van der Waals surface area contributed by atoms with Crippen LogP contribution in [0.1, 0.15) is 17.5 Å². The Labute approximate surface area is 159 Å². The summed E-state index contributed by atoms with van der Waals surface area (Å²) in [5, 5.41) is 11.5. The third kappa shape index (κ3) is 5.46. The largest absolute Gasteiger partial charge is 0.495 e. The summed E-state index contributed by atoms with van der Waals surface area (Å²) < 4.78 is 31.0. The molecule has 8 heteroatoms. The van der Waals surface area contributed by atoms with Gasteiger partial charge in [0.15, 0.2) is 0 Å². The maximum atomic E-state index is 12.3. The van der Waals surface area contributed by atoms with E-state index in [9.17, 15) is 13.2 Å². The first-order valence-electron chi connectivity index (χ1n) is 8.17. The molecule has 2 aromatic carbocycles. The molecule has 1 amide bonds. The molecule has 0 saturated heterocycles. The zero-order valence-corrected chi connectivity index (χ0v) is 16.2. The molecule has 0 aliphatic carbocycles. The maximum absolute atomic E-state index is 12.3. The van der Waals surface area contributed by atoms with Crippen LogP contribution < -0.4 is 14.4 Å². The minimum absolute atomic E-state index is 0.0270. The zero-order valence-electron chi connectivity index (χ0n) is 15.4. The van der Waals surface area contributed by atoms with Gasteiger partial charge in [-0.05, 0) is 48.9 Å². The molecular weight excluding hydrogens is 366 g/mol. The summed E-state index contributed by atoms with van der Waals surface area (Å²) in [5.41, 5.74) is 2.30. The highest BCUT2D eigenvalue weighted by atomic mass is 32.2. The lowest BCUT2D eigenvalue weighted by atomic mass is 10.2. The second-order valence-electron chi connectivity index (χ2n) is 6.00. The molecule has 1 N–H and O–H groups in total. The van der Waals surface area contributed by atoms with E-state index in [0.717, 1.165) is 16.1 Å². The van der Waals surface area contributed by atoms with Gasteiger partial charge in [-0.15, -0.1) is 0 Å². The summed E-state index contributed by atoms with van der Waals surface area (Å²) in [5.74, 6) is 0.0819. The number of nitriles is 1. The average molecular weight is 387 g/mol. The van der Waals surface area contributed by atoms with E-state index in [1.54, 1.807) is 36.4 Å². The number of nitrogens with zero attached hydrogens (tertiary/aromatic N) is 2. The van der Waals surface area contributed by atoms with Gasteiger partial charge in [0.2, 0.25) is 15.9 Å². The third-order valence-electron chi connectivity index (χ3n) is 3.84. The van der Waals surface area contributed by atoms with Crippen molar-refractivity contribution in [2.75, 3.05) is 29.5 Å². The van der Waals surface area contributed by atoms with E-state index in [0.29, 0.717) is 22.7 Å². The molecule has 7 nitrogen and oxygen atoms in total. The van der Waals surface area contributed by atoms with Crippen molar-refractivity contribution >= 4 is 27.3 Å². The molecule has 0 spiro atoms. The Morgan fingerprint density at radius 2 is 1.89 bits per heavy atom. The monoisotopic (exact) mass is 387 g/mol. The Hall–Kier alpha value is -3.05. The van der Waals surface area contributed by atoms with Gasteiger partial charge in [-0.2, -0.15) is 5.26 Å². The fourth-order valence-corrected chi connectivity index (χ4v) is 3.44. The Bertz CT molecular complexity index is 963. The summed E-state index contributed by atoms with van der Waals surface area (Å²) in [6.07, 6.45) is 1.05. The Kier molecular flexibility index (Phi) is 6.42. The van der Waals surface area contributed by atoms with Crippen LogP contribution >= 0.6 is 0 Å². The van der Waals surface area contributed by atoms with Crippen LogP contribution in [-0.4, -0.2) is 34.2 Å². The second kappa shape index (κ2) is 8.56. The van der Waals surface area contributed by atoms with Crippen LogP contribution in [0.25, 0.3) is 0 Å². The number of rotatable bonds is 7. The number of hydrogen-bond acceptors (Lipinski definition) is 5. The third-order valence-corrected chi connectivity index (χ3v) is 5.02. The number of ether oxygens (including phenoxy) is 1. The van der Waals surface area contributed by atoms with E-state index in [-0.39, 0.29) is 18.9 Å². The van der Waals surface area contributed by atoms with Crippen LogP contribution in [0.4, 0.5) is 11.4 Å². The highest BCUT2D eigenvalue weighted by Gasteiger charge is 2.22. The average Bonchev–Trinajstić information content (AvgIpc) is 2.61. The first-order chi connectivity index (χ1) is 12.7. The first-order valence-corrected chi connectivity index (χ1v) is 10.0. The topological polar surface area (TPSA) is 99.5 Å². The molecule has 2 aromatic rings. The lowest BCUT2D eigenvalue weighted by molar-refractivity contribution is -0.116. The number of carbonyl (C=O) groups excluding carboxylic acids is 1. The van der Waals surface area contributed by atoms with E-state index in [2.05, 4.69) is 5.32 Å². The van der Waals surface area contributed by atoms with Crippen LogP contribution in [0, 0.1) is 18.3 Å². The quantitative estimate of drug-likeness (QED) is 0.787. The number of aryl methyl sites for hydroxylation is 1. The smallest absolute Gasteiger partial charge is 0.232 e. The normalized spacial score (nSPS) is 10.7. The number of methoxy groups -OCH3 is 1. The molecule has 0 saturated carbocycles. The van der Waals surface area contributed by atoms with Crippen molar-refractivity contribution in [1.29, 1.82) is 5.26 Å². The number of carbonyl (C=O) groups is 1. The van der Waals surface area contributed by atoms with Crippen molar-refractivity contribution in [3.63, 3.8) is 0 Å². The van der Waals surface area contributed by atoms with Gasteiger partial charge in [0.05, 0.1) is 30.7 Å². The van der Waals surface area contributed by atoms with E-state index < -0.39 is 10.0 Å². The van der Waals surface area contributed by atoms with E-state index in [1.165, 1.54) is 7.11 Å². The molecule has 0 aromatic heterocycles. The standard InChI is InChI=1S/C19H21N3O4S/c1-14-4-9-18(26-2)17(12-14)22(27(3,24)25)11-10-19(23)21-16-7-5-15(13-20)6-8-16/h4-9,12H,10-11H2,1-3H3,(H,21,23). The summed E-state index contributed by atoms with van der Waals surface area (Å²) >= 11 is 0. The van der Waals surface area contributed by atoms with Crippen LogP contribution in [0.15, 0.2) is 42.5 Å². The van der Waals surface area contributed by atoms with Crippen LogP contribution in [0.5, 0.6) is 5.75 Å². The molecule has 0 fully saturated rings. The number of anilines is 2. The van der Waals surface area contributed by atoms with Crippen molar-refractivity contribution in [3.05, 3.63) is 53.6 Å². The van der Waals surface area contributed by atoms with E-state index in [4.69, 9.17) is 10.00 Å². The number of sulfonamides is 1. The molecule has 27 heavy (non-hydrogen) atoms. The second-order valence-corrected chi connectivity index (χ2v) is 7.90. The molecule has 0 atom stereocenters. The van der Waals surface area contributed by atoms with Gasteiger partial charge in [0, 0.05) is 18.7 Å². The first kappa shape index (κ1) is 20.3. The number of hydrogen-bond donors (Lipinski definition) is 1. The number of benzene rings is 2. The lowest BCUT2D eigenvalue weighted by Crippen LogP contribution is -2.33. The number of nitrogens with one attached hydrogen (secondary N) is 1. The van der Waals surface area contributed by atoms with Gasteiger partial charge >= 0.3 is 0 Å². The summed E-state index contributed by atoms with van der Waals surface area (Å²) in [7, 11) is -2.14. The molecule has 0 unspecified atom stereocenters. The van der Waals surface area contributed by atoms with Crippen molar-refractivity contribution in [3.8, 4) is 11.8 Å². The van der Waals surface area contributed by atoms with Crippen LogP contribution in [0.3, 0.4) is 0 Å². The van der Waals surface area contributed by atoms with Crippen LogP contribution in [0.2, 0.25) is 0 Å². The molecule has 2 rings (SSSR count). The van der Waals surface area contributed by atoms with Gasteiger partial charge < -0.3 is 10.1 Å². The van der Waals surface area contributed by atoms with Gasteiger partial charge in [0.1, 0.15) is 5.75 Å². The van der Waals surface area contributed by atoms with Crippen molar-refractivity contribution in [1.82, 2.24) is 0 Å². The molecular formula is C19H21N3O4S. The maximum Gasteiger partial charge on any atom is 0.232 e. The predicted octanol–water partition coefficient (Wildman–Crippen LogP) is 2.67. The summed E-state index contributed by atoms with van der Waals surface area (Å²) in [6.45, 7) is 1.82. The summed E-state index contributed by atoms with van der Waals surface area (Å²) in [6, 6.07) is 13.6. The fourth-order valence-electron chi connectivity index (χ4n) is 2.51. The molecule has 0 aliphatic rings. The molecule has 0 aliphatic heterocycles. The van der Waals surface area contributed by atoms with Gasteiger partial charge in [0.25, 0.3) is 0 Å². The zero-order chi connectivity index (χ0) is 20.0. The highest BCUT2D eigenvalue weighted by molar-refractivity contribution is 7.92. The minimum atomic E-state index is -3.61. The minimum Gasteiger partial charge on any atom is -0.495 e. The summed E-state index contributed by atoms with van der Waals surface area (Å²) in [4.78, 5) is 12.2. The van der Waals surface area contributed by atoms with E-state index >= 15 is 0 Å². The van der Waals surface area contributed by atoms with Gasteiger partial charge in [-0.3, -0.25) is 9.10 Å². The van der Waals surface area contributed by atoms with Crippen LogP contribution in [-0.2, 0) is 14.8 Å². The van der Waals surface area contributed by atoms with Crippen molar-refractivity contribution in [2.24, 2.45) is 0 Å². The fraction of sp³-hybridized carbons (Fsp3) is 0.263. The molecule has 142 valence electrons. The van der Waals surface area contributed by atoms with E-state index in [1.807, 2.05) is 19.1 Å². The van der Waals surface area contributed by atoms with Gasteiger partial charge in [-0.1, -0.05) is 6.07 Å². The Balaban J connectivity index is 2.14. The predicted molar refractivity (Wildman–Crippen MR) is 104 cm³/mol. The molecule has 0 bridgehead atoms. The molecule has 0 heterocycles. The van der Waals surface area contributed by atoms with Crippen molar-refractivity contribution in [2.45, 2.75) is 13.3 Å². The lowest BCUT2D eigenvalue weighted by Gasteiger charge is -2.24.